The summed E-state index contributed by atoms with van der Waals surface area (Å²) in [5.74, 6) is 0.00555. The Hall–Kier alpha value is -1.95. The molecule has 6 nitrogen and oxygen atoms in total. The number of carbonyl (C=O) groups is 2. The lowest BCUT2D eigenvalue weighted by Crippen LogP contribution is -2.47. The zero-order chi connectivity index (χ0) is 16.3. The molecule has 0 bridgehead atoms. The van der Waals surface area contributed by atoms with Gasteiger partial charge in [0.25, 0.3) is 5.91 Å². The molecule has 1 N–H and O–H groups in total. The Balaban J connectivity index is 1.53. The van der Waals surface area contributed by atoms with Crippen LogP contribution in [0.1, 0.15) is 43.0 Å². The Kier molecular flexibility index (Phi) is 4.61. The maximum atomic E-state index is 12.1. The largest absolute Gasteiger partial charge is 0.368 e. The van der Waals surface area contributed by atoms with Gasteiger partial charge in [-0.15, -0.1) is 0 Å². The fourth-order valence-electron chi connectivity index (χ4n) is 3.49. The normalized spacial score (nSPS) is 27.2. The van der Waals surface area contributed by atoms with Crippen molar-refractivity contribution in [3.63, 3.8) is 0 Å². The van der Waals surface area contributed by atoms with Crippen molar-refractivity contribution in [3.05, 3.63) is 30.1 Å². The Morgan fingerprint density at radius 2 is 2.17 bits per heavy atom. The molecule has 0 saturated carbocycles. The highest BCUT2D eigenvalue weighted by atomic mass is 16.5. The van der Waals surface area contributed by atoms with Crippen LogP contribution in [0, 0.1) is 0 Å². The Morgan fingerprint density at radius 1 is 1.39 bits per heavy atom. The molecule has 124 valence electrons. The molecule has 3 rings (SSSR count). The molecule has 23 heavy (non-hydrogen) atoms. The SMILES string of the molecule is CC(=O)N1CC[C@]2(CCC[C@H](CNC(=O)c3ccncc3)O2)C1. The van der Waals surface area contributed by atoms with E-state index in [0.29, 0.717) is 18.7 Å². The van der Waals surface area contributed by atoms with E-state index in [1.54, 1.807) is 31.5 Å². The topological polar surface area (TPSA) is 71.5 Å². The number of hydrogen-bond acceptors (Lipinski definition) is 4. The van der Waals surface area contributed by atoms with Crippen LogP contribution in [-0.2, 0) is 9.53 Å². The fourth-order valence-corrected chi connectivity index (χ4v) is 3.49. The van der Waals surface area contributed by atoms with Crippen LogP contribution in [0.5, 0.6) is 0 Å². The first-order valence-electron chi connectivity index (χ1n) is 8.20. The van der Waals surface area contributed by atoms with E-state index in [2.05, 4.69) is 10.3 Å². The smallest absolute Gasteiger partial charge is 0.251 e. The van der Waals surface area contributed by atoms with Crippen molar-refractivity contribution in [1.29, 1.82) is 0 Å². The second kappa shape index (κ2) is 6.66. The molecule has 0 unspecified atom stereocenters. The third-order valence-corrected chi connectivity index (χ3v) is 4.77. The first-order chi connectivity index (χ1) is 11.1. The van der Waals surface area contributed by atoms with Gasteiger partial charge in [0.15, 0.2) is 0 Å². The van der Waals surface area contributed by atoms with Gasteiger partial charge in [-0.05, 0) is 37.8 Å². The zero-order valence-electron chi connectivity index (χ0n) is 13.5. The molecule has 2 aliphatic rings. The van der Waals surface area contributed by atoms with Gasteiger partial charge in [0.2, 0.25) is 5.91 Å². The van der Waals surface area contributed by atoms with Crippen LogP contribution in [-0.4, -0.2) is 53.0 Å². The van der Waals surface area contributed by atoms with E-state index in [9.17, 15) is 9.59 Å². The molecule has 3 heterocycles. The maximum Gasteiger partial charge on any atom is 0.251 e. The summed E-state index contributed by atoms with van der Waals surface area (Å²) >= 11 is 0. The van der Waals surface area contributed by atoms with Crippen LogP contribution >= 0.6 is 0 Å². The quantitative estimate of drug-likeness (QED) is 0.914. The van der Waals surface area contributed by atoms with Crippen molar-refractivity contribution >= 4 is 11.8 Å². The molecule has 1 spiro atoms. The molecule has 1 aromatic rings. The van der Waals surface area contributed by atoms with E-state index < -0.39 is 0 Å². The number of pyridine rings is 1. The van der Waals surface area contributed by atoms with Crippen LogP contribution < -0.4 is 5.32 Å². The van der Waals surface area contributed by atoms with Crippen LogP contribution in [0.4, 0.5) is 0 Å². The molecule has 6 heteroatoms. The lowest BCUT2D eigenvalue weighted by atomic mass is 9.90. The number of nitrogens with zero attached hydrogens (tertiary/aromatic N) is 2. The van der Waals surface area contributed by atoms with E-state index in [1.165, 1.54) is 0 Å². The predicted octanol–water partition coefficient (Wildman–Crippen LogP) is 1.37. The minimum absolute atomic E-state index is 0.0152. The highest BCUT2D eigenvalue weighted by Gasteiger charge is 2.43. The van der Waals surface area contributed by atoms with Crippen molar-refractivity contribution in [2.45, 2.75) is 44.3 Å². The molecule has 0 radical (unpaired) electrons. The summed E-state index contributed by atoms with van der Waals surface area (Å²) in [5.41, 5.74) is 0.393. The van der Waals surface area contributed by atoms with Crippen molar-refractivity contribution in [2.75, 3.05) is 19.6 Å². The first kappa shape index (κ1) is 15.9. The number of nitrogens with one attached hydrogen (secondary N) is 1. The summed E-state index contributed by atoms with van der Waals surface area (Å²) < 4.78 is 6.28. The highest BCUT2D eigenvalue weighted by Crippen LogP contribution is 2.36. The standard InChI is InChI=1S/C17H23N3O3/c1-13(21)20-10-7-17(12-20)6-2-3-15(23-17)11-19-16(22)14-4-8-18-9-5-14/h4-5,8-9,15H,2-3,6-7,10-12H2,1H3,(H,19,22)/t15-,17-/m1/s1. The van der Waals surface area contributed by atoms with Crippen LogP contribution in [0.3, 0.4) is 0 Å². The molecular weight excluding hydrogens is 294 g/mol. The van der Waals surface area contributed by atoms with Crippen molar-refractivity contribution in [2.24, 2.45) is 0 Å². The molecular formula is C17H23N3O3. The average molecular weight is 317 g/mol. The number of hydrogen-bond donors (Lipinski definition) is 1. The fraction of sp³-hybridized carbons (Fsp3) is 0.588. The second-order valence-electron chi connectivity index (χ2n) is 6.45. The van der Waals surface area contributed by atoms with Gasteiger partial charge in [0, 0.05) is 44.5 Å². The second-order valence-corrected chi connectivity index (χ2v) is 6.45. The summed E-state index contributed by atoms with van der Waals surface area (Å²) in [5, 5.41) is 2.94. The molecule has 2 fully saturated rings. The van der Waals surface area contributed by atoms with Gasteiger partial charge in [-0.3, -0.25) is 14.6 Å². The number of aromatic nitrogens is 1. The lowest BCUT2D eigenvalue weighted by Gasteiger charge is -2.38. The predicted molar refractivity (Wildman–Crippen MR) is 84.9 cm³/mol. The van der Waals surface area contributed by atoms with Crippen LogP contribution in [0.15, 0.2) is 24.5 Å². The number of carbonyl (C=O) groups excluding carboxylic acids is 2. The molecule has 2 atom stereocenters. The molecule has 0 aliphatic carbocycles. The summed E-state index contributed by atoms with van der Waals surface area (Å²) in [6.45, 7) is 3.56. The Labute approximate surface area is 136 Å². The summed E-state index contributed by atoms with van der Waals surface area (Å²) in [7, 11) is 0. The zero-order valence-corrected chi connectivity index (χ0v) is 13.5. The van der Waals surface area contributed by atoms with Crippen molar-refractivity contribution in [3.8, 4) is 0 Å². The summed E-state index contributed by atoms with van der Waals surface area (Å²) in [6, 6.07) is 3.39. The molecule has 0 aromatic carbocycles. The molecule has 2 amide bonds. The first-order valence-corrected chi connectivity index (χ1v) is 8.20. The Morgan fingerprint density at radius 3 is 2.87 bits per heavy atom. The average Bonchev–Trinajstić information content (AvgIpc) is 2.97. The third kappa shape index (κ3) is 3.69. The van der Waals surface area contributed by atoms with E-state index in [1.807, 2.05) is 4.90 Å². The number of rotatable bonds is 3. The van der Waals surface area contributed by atoms with Gasteiger partial charge in [0.1, 0.15) is 0 Å². The summed E-state index contributed by atoms with van der Waals surface area (Å²) in [4.78, 5) is 29.4. The van der Waals surface area contributed by atoms with Crippen molar-refractivity contribution < 1.29 is 14.3 Å². The molecule has 2 saturated heterocycles. The maximum absolute atomic E-state index is 12.1. The highest BCUT2D eigenvalue weighted by molar-refractivity contribution is 5.93. The van der Waals surface area contributed by atoms with E-state index in [-0.39, 0.29) is 23.5 Å². The monoisotopic (exact) mass is 317 g/mol. The molecule has 2 aliphatic heterocycles. The van der Waals surface area contributed by atoms with Gasteiger partial charge < -0.3 is 15.0 Å². The van der Waals surface area contributed by atoms with E-state index >= 15 is 0 Å². The van der Waals surface area contributed by atoms with Gasteiger partial charge in [-0.2, -0.15) is 0 Å². The minimum atomic E-state index is -0.212. The lowest BCUT2D eigenvalue weighted by molar-refractivity contribution is -0.135. The number of amides is 2. The van der Waals surface area contributed by atoms with Gasteiger partial charge in [-0.25, -0.2) is 0 Å². The third-order valence-electron chi connectivity index (χ3n) is 4.77. The molecule has 1 aromatic heterocycles. The Bertz CT molecular complexity index is 578. The van der Waals surface area contributed by atoms with E-state index in [0.717, 1.165) is 32.2 Å². The number of likely N-dealkylation sites (tertiary alicyclic amines) is 1. The van der Waals surface area contributed by atoms with Crippen LogP contribution in [0.25, 0.3) is 0 Å². The van der Waals surface area contributed by atoms with Crippen LogP contribution in [0.2, 0.25) is 0 Å². The van der Waals surface area contributed by atoms with Gasteiger partial charge in [0.05, 0.1) is 11.7 Å². The van der Waals surface area contributed by atoms with Gasteiger partial charge in [-0.1, -0.05) is 0 Å². The van der Waals surface area contributed by atoms with Gasteiger partial charge >= 0.3 is 0 Å². The van der Waals surface area contributed by atoms with E-state index in [4.69, 9.17) is 4.74 Å². The van der Waals surface area contributed by atoms with Crippen molar-refractivity contribution in [1.82, 2.24) is 15.2 Å². The number of ether oxygens (including phenoxy) is 1. The summed E-state index contributed by atoms with van der Waals surface area (Å²) in [6.07, 6.45) is 7.13. The minimum Gasteiger partial charge on any atom is -0.368 e.